The number of halogens is 1. The molecule has 0 fully saturated rings. The van der Waals surface area contributed by atoms with E-state index in [1.54, 1.807) is 30.3 Å². The molecule has 3 rings (SSSR count). The minimum atomic E-state index is -3.45. The van der Waals surface area contributed by atoms with E-state index >= 15 is 0 Å². The summed E-state index contributed by atoms with van der Waals surface area (Å²) in [6.07, 6.45) is 3.89. The Morgan fingerprint density at radius 2 is 1.83 bits per heavy atom. The SMILES string of the molecule is CCCNC1CCc2cccc(S(=O)(=O)c3ccccc3)c2C1.Cl. The Hall–Kier alpha value is -1.36. The molecule has 5 heteroatoms. The monoisotopic (exact) mass is 365 g/mol. The maximum Gasteiger partial charge on any atom is 0.206 e. The molecule has 1 unspecified atom stereocenters. The van der Waals surface area contributed by atoms with Gasteiger partial charge in [-0.05, 0) is 61.6 Å². The van der Waals surface area contributed by atoms with Gasteiger partial charge in [-0.1, -0.05) is 37.3 Å². The van der Waals surface area contributed by atoms with Crippen LogP contribution in [0.5, 0.6) is 0 Å². The lowest BCUT2D eigenvalue weighted by molar-refractivity contribution is 0.454. The molecule has 1 aliphatic carbocycles. The third kappa shape index (κ3) is 3.82. The summed E-state index contributed by atoms with van der Waals surface area (Å²) in [5.41, 5.74) is 2.17. The van der Waals surface area contributed by atoms with Crippen molar-refractivity contribution in [3.63, 3.8) is 0 Å². The molecule has 0 saturated heterocycles. The van der Waals surface area contributed by atoms with Crippen molar-refractivity contribution >= 4 is 22.2 Å². The van der Waals surface area contributed by atoms with E-state index in [0.717, 1.165) is 37.8 Å². The van der Waals surface area contributed by atoms with Gasteiger partial charge < -0.3 is 5.32 Å². The summed E-state index contributed by atoms with van der Waals surface area (Å²) >= 11 is 0. The molecule has 0 amide bonds. The number of sulfone groups is 1. The van der Waals surface area contributed by atoms with Crippen molar-refractivity contribution in [1.29, 1.82) is 0 Å². The van der Waals surface area contributed by atoms with Crippen LogP contribution in [0.4, 0.5) is 0 Å². The van der Waals surface area contributed by atoms with E-state index in [-0.39, 0.29) is 12.4 Å². The summed E-state index contributed by atoms with van der Waals surface area (Å²) in [5, 5.41) is 3.54. The predicted octanol–water partition coefficient (Wildman–Crippen LogP) is 3.80. The van der Waals surface area contributed by atoms with Gasteiger partial charge in [0.2, 0.25) is 9.84 Å². The maximum absolute atomic E-state index is 13.0. The van der Waals surface area contributed by atoms with E-state index in [1.165, 1.54) is 5.56 Å². The molecule has 0 spiro atoms. The van der Waals surface area contributed by atoms with Gasteiger partial charge in [0.1, 0.15) is 0 Å². The molecule has 0 aromatic heterocycles. The number of nitrogens with one attached hydrogen (secondary N) is 1. The second-order valence-electron chi connectivity index (χ2n) is 6.10. The van der Waals surface area contributed by atoms with Crippen LogP contribution < -0.4 is 5.32 Å². The van der Waals surface area contributed by atoms with Gasteiger partial charge in [-0.25, -0.2) is 8.42 Å². The lowest BCUT2D eigenvalue weighted by Crippen LogP contribution is -2.35. The van der Waals surface area contributed by atoms with Crippen molar-refractivity contribution in [1.82, 2.24) is 5.32 Å². The average Bonchev–Trinajstić information content (AvgIpc) is 2.60. The summed E-state index contributed by atoms with van der Waals surface area (Å²) in [4.78, 5) is 0.848. The lowest BCUT2D eigenvalue weighted by Gasteiger charge is -2.27. The molecular formula is C19H24ClNO2S. The molecule has 1 aliphatic rings. The van der Waals surface area contributed by atoms with E-state index in [2.05, 4.69) is 18.3 Å². The van der Waals surface area contributed by atoms with E-state index in [1.807, 2.05) is 12.1 Å². The second-order valence-corrected chi connectivity index (χ2v) is 8.02. The maximum atomic E-state index is 13.0. The fraction of sp³-hybridized carbons (Fsp3) is 0.368. The number of fused-ring (bicyclic) bond motifs is 1. The molecule has 3 nitrogen and oxygen atoms in total. The summed E-state index contributed by atoms with van der Waals surface area (Å²) in [7, 11) is -3.45. The van der Waals surface area contributed by atoms with Crippen LogP contribution in [0.2, 0.25) is 0 Å². The molecule has 24 heavy (non-hydrogen) atoms. The Morgan fingerprint density at radius 1 is 1.08 bits per heavy atom. The van der Waals surface area contributed by atoms with Gasteiger partial charge in [0.15, 0.2) is 0 Å². The summed E-state index contributed by atoms with van der Waals surface area (Å²) < 4.78 is 26.0. The van der Waals surface area contributed by atoms with Crippen molar-refractivity contribution in [3.8, 4) is 0 Å². The zero-order valence-corrected chi connectivity index (χ0v) is 15.5. The molecule has 130 valence electrons. The zero-order valence-electron chi connectivity index (χ0n) is 13.9. The number of rotatable bonds is 5. The molecule has 0 aliphatic heterocycles. The molecule has 0 heterocycles. The fourth-order valence-corrected chi connectivity index (χ4v) is 4.82. The van der Waals surface area contributed by atoms with Gasteiger partial charge in [-0.2, -0.15) is 0 Å². The second kappa shape index (κ2) is 8.15. The molecule has 1 atom stereocenters. The Kier molecular flexibility index (Phi) is 6.44. The fourth-order valence-electron chi connectivity index (χ4n) is 3.26. The highest BCUT2D eigenvalue weighted by Gasteiger charge is 2.27. The van der Waals surface area contributed by atoms with Crippen LogP contribution in [0.1, 0.15) is 30.9 Å². The number of hydrogen-bond donors (Lipinski definition) is 1. The number of aryl methyl sites for hydroxylation is 1. The summed E-state index contributed by atoms with van der Waals surface area (Å²) in [6.45, 7) is 3.13. The molecule has 2 aromatic rings. The van der Waals surface area contributed by atoms with Gasteiger partial charge in [-0.3, -0.25) is 0 Å². The number of benzene rings is 2. The molecular weight excluding hydrogens is 342 g/mol. The quantitative estimate of drug-likeness (QED) is 0.876. The number of hydrogen-bond acceptors (Lipinski definition) is 3. The van der Waals surface area contributed by atoms with Crippen LogP contribution in [0, 0.1) is 0 Å². The molecule has 0 bridgehead atoms. The van der Waals surface area contributed by atoms with Crippen molar-refractivity contribution in [2.24, 2.45) is 0 Å². The van der Waals surface area contributed by atoms with Crippen molar-refractivity contribution in [3.05, 3.63) is 59.7 Å². The van der Waals surface area contributed by atoms with Gasteiger partial charge >= 0.3 is 0 Å². The minimum absolute atomic E-state index is 0. The van der Waals surface area contributed by atoms with E-state index < -0.39 is 9.84 Å². The van der Waals surface area contributed by atoms with Crippen LogP contribution in [-0.2, 0) is 22.7 Å². The van der Waals surface area contributed by atoms with Crippen LogP contribution >= 0.6 is 12.4 Å². The Bertz CT molecular complexity index is 775. The highest BCUT2D eigenvalue weighted by molar-refractivity contribution is 7.91. The average molecular weight is 366 g/mol. The standard InChI is InChI=1S/C19H23NO2S.ClH/c1-2-13-20-16-12-11-15-7-6-10-19(18(15)14-16)23(21,22)17-8-4-3-5-9-17;/h3-10,16,20H,2,11-14H2,1H3;1H. The Labute approximate surface area is 150 Å². The first-order valence-corrected chi connectivity index (χ1v) is 9.75. The normalized spacial score (nSPS) is 17.0. The highest BCUT2D eigenvalue weighted by atomic mass is 35.5. The van der Waals surface area contributed by atoms with Crippen molar-refractivity contribution in [2.75, 3.05) is 6.54 Å². The van der Waals surface area contributed by atoms with Gasteiger partial charge in [0, 0.05) is 6.04 Å². The minimum Gasteiger partial charge on any atom is -0.314 e. The Balaban J connectivity index is 0.00000208. The Morgan fingerprint density at radius 3 is 2.54 bits per heavy atom. The smallest absolute Gasteiger partial charge is 0.206 e. The van der Waals surface area contributed by atoms with E-state index in [9.17, 15) is 8.42 Å². The zero-order chi connectivity index (χ0) is 16.3. The first-order valence-electron chi connectivity index (χ1n) is 8.27. The molecule has 0 radical (unpaired) electrons. The van der Waals surface area contributed by atoms with Gasteiger partial charge in [0.25, 0.3) is 0 Å². The van der Waals surface area contributed by atoms with E-state index in [0.29, 0.717) is 15.8 Å². The van der Waals surface area contributed by atoms with Crippen molar-refractivity contribution in [2.45, 2.75) is 48.4 Å². The third-order valence-corrected chi connectivity index (χ3v) is 6.32. The summed E-state index contributed by atoms with van der Waals surface area (Å²) in [5.74, 6) is 0. The molecule has 2 aromatic carbocycles. The largest absolute Gasteiger partial charge is 0.314 e. The van der Waals surface area contributed by atoms with Gasteiger partial charge in [-0.15, -0.1) is 12.4 Å². The van der Waals surface area contributed by atoms with Gasteiger partial charge in [0.05, 0.1) is 9.79 Å². The predicted molar refractivity (Wildman–Crippen MR) is 99.7 cm³/mol. The first-order chi connectivity index (χ1) is 11.1. The van der Waals surface area contributed by atoms with Crippen LogP contribution in [-0.4, -0.2) is 21.0 Å². The van der Waals surface area contributed by atoms with Crippen LogP contribution in [0.25, 0.3) is 0 Å². The van der Waals surface area contributed by atoms with Crippen LogP contribution in [0.3, 0.4) is 0 Å². The molecule has 1 N–H and O–H groups in total. The molecule has 0 saturated carbocycles. The third-order valence-electron chi connectivity index (χ3n) is 4.47. The van der Waals surface area contributed by atoms with Crippen molar-refractivity contribution < 1.29 is 8.42 Å². The highest BCUT2D eigenvalue weighted by Crippen LogP contribution is 2.31. The lowest BCUT2D eigenvalue weighted by atomic mass is 9.88. The van der Waals surface area contributed by atoms with Crippen LogP contribution in [0.15, 0.2) is 58.3 Å². The topological polar surface area (TPSA) is 46.2 Å². The van der Waals surface area contributed by atoms with E-state index in [4.69, 9.17) is 0 Å². The first kappa shape index (κ1) is 19.0. The summed E-state index contributed by atoms with van der Waals surface area (Å²) in [6, 6.07) is 14.8.